The molecule has 13 heteroatoms. The van der Waals surface area contributed by atoms with Crippen LogP contribution in [-0.2, 0) is 22.4 Å². The highest BCUT2D eigenvalue weighted by Gasteiger charge is 2.32. The van der Waals surface area contributed by atoms with Gasteiger partial charge in [0.15, 0.2) is 5.75 Å². The zero-order chi connectivity index (χ0) is 35.1. The molecule has 0 aromatic heterocycles. The molecule has 6 rings (SSSR count). The van der Waals surface area contributed by atoms with Crippen molar-refractivity contribution < 1.29 is 24.2 Å². The number of likely N-dealkylation sites (tertiary alicyclic amines) is 2. The van der Waals surface area contributed by atoms with E-state index in [4.69, 9.17) is 27.9 Å². The Morgan fingerprint density at radius 2 is 1.49 bits per heavy atom. The lowest BCUT2D eigenvalue weighted by molar-refractivity contribution is -0.136. The summed E-state index contributed by atoms with van der Waals surface area (Å²) >= 11 is 12.0. The lowest BCUT2D eigenvalue weighted by Gasteiger charge is -2.42. The zero-order valence-electron chi connectivity index (χ0n) is 28.9. The fraction of sp³-hybridized carbons (Fsp3) is 0.583. The smallest absolute Gasteiger partial charge is 0.409 e. The largest absolute Gasteiger partial charge is 0.505 e. The quantitative estimate of drug-likeness (QED) is 0.425. The zero-order valence-corrected chi connectivity index (χ0v) is 30.4. The summed E-state index contributed by atoms with van der Waals surface area (Å²) in [4.78, 5) is 47.4. The molecule has 2 N–H and O–H groups in total. The number of fused-ring (bicyclic) bond motifs is 1. The number of amides is 4. The van der Waals surface area contributed by atoms with Gasteiger partial charge < -0.3 is 34.8 Å². The van der Waals surface area contributed by atoms with Gasteiger partial charge in [0, 0.05) is 82.6 Å². The van der Waals surface area contributed by atoms with Crippen LogP contribution in [0.25, 0.3) is 0 Å². The van der Waals surface area contributed by atoms with E-state index in [1.54, 1.807) is 17.0 Å². The summed E-state index contributed by atoms with van der Waals surface area (Å²) in [5.74, 6) is -0.0546. The number of urea groups is 1. The number of anilines is 1. The number of likely N-dealkylation sites (N-methyl/N-ethyl adjacent to an activating group) is 1. The first-order valence-corrected chi connectivity index (χ1v) is 18.2. The fourth-order valence-electron chi connectivity index (χ4n) is 7.35. The maximum Gasteiger partial charge on any atom is 0.409 e. The van der Waals surface area contributed by atoms with E-state index in [0.29, 0.717) is 32.1 Å². The van der Waals surface area contributed by atoms with Crippen molar-refractivity contribution in [2.24, 2.45) is 5.92 Å². The maximum absolute atomic E-state index is 12.9. The van der Waals surface area contributed by atoms with Crippen LogP contribution in [0.4, 0.5) is 15.3 Å². The monoisotopic (exact) mass is 716 g/mol. The normalized spacial score (nSPS) is 20.4. The second-order valence-corrected chi connectivity index (χ2v) is 14.4. The number of carbonyl (C=O) groups excluding carboxylic acids is 3. The number of nitrogens with one attached hydrogen (secondary N) is 1. The maximum atomic E-state index is 12.9. The van der Waals surface area contributed by atoms with Gasteiger partial charge in [0.2, 0.25) is 5.91 Å². The Bertz CT molecular complexity index is 1430. The molecule has 268 valence electrons. The van der Waals surface area contributed by atoms with Crippen LogP contribution in [0.15, 0.2) is 36.4 Å². The van der Waals surface area contributed by atoms with Crippen molar-refractivity contribution in [3.8, 4) is 5.75 Å². The second-order valence-electron chi connectivity index (χ2n) is 13.6. The van der Waals surface area contributed by atoms with Crippen molar-refractivity contribution in [3.05, 3.63) is 57.6 Å². The van der Waals surface area contributed by atoms with E-state index in [0.717, 1.165) is 82.6 Å². The van der Waals surface area contributed by atoms with Gasteiger partial charge in [-0.2, -0.15) is 0 Å². The van der Waals surface area contributed by atoms with Gasteiger partial charge in [0.05, 0.1) is 17.2 Å². The van der Waals surface area contributed by atoms with E-state index >= 15 is 0 Å². The lowest BCUT2D eigenvalue weighted by atomic mass is 9.97. The Labute approximate surface area is 300 Å². The van der Waals surface area contributed by atoms with E-state index in [2.05, 4.69) is 28.2 Å². The van der Waals surface area contributed by atoms with Crippen LogP contribution in [0.5, 0.6) is 5.75 Å². The number of carbonyl (C=O) groups is 3. The van der Waals surface area contributed by atoms with Crippen molar-refractivity contribution >= 4 is 46.9 Å². The summed E-state index contributed by atoms with van der Waals surface area (Å²) < 4.78 is 4.75. The summed E-state index contributed by atoms with van der Waals surface area (Å²) in [5.41, 5.74) is 2.95. The van der Waals surface area contributed by atoms with Crippen molar-refractivity contribution in [2.75, 3.05) is 78.4 Å². The molecule has 3 fully saturated rings. The molecule has 3 saturated heterocycles. The molecule has 0 aliphatic carbocycles. The molecule has 0 spiro atoms. The van der Waals surface area contributed by atoms with Crippen LogP contribution in [-0.4, -0.2) is 133 Å². The predicted molar refractivity (Wildman–Crippen MR) is 193 cm³/mol. The first-order chi connectivity index (χ1) is 23.5. The SMILES string of the molecule is COC(=O)N1CCC(N2CCc3ccccc3NC2=O)CC1.C[C@H](Cc1cc(Cl)c(O)c(Cl)c1)C(=O)N1CCC(N2CCN(C)CC2)CC1. The van der Waals surface area contributed by atoms with Crippen LogP contribution in [0.2, 0.25) is 10.0 Å². The van der Waals surface area contributed by atoms with Crippen molar-refractivity contribution in [1.82, 2.24) is 24.5 Å². The van der Waals surface area contributed by atoms with Crippen molar-refractivity contribution in [1.29, 1.82) is 0 Å². The minimum atomic E-state index is -0.286. The Balaban J connectivity index is 0.000000195. The number of rotatable bonds is 5. The molecule has 4 heterocycles. The second kappa shape index (κ2) is 17.1. The third kappa shape index (κ3) is 9.51. The van der Waals surface area contributed by atoms with E-state index < -0.39 is 0 Å². The first kappa shape index (κ1) is 37.0. The topological polar surface area (TPSA) is 109 Å². The summed E-state index contributed by atoms with van der Waals surface area (Å²) in [6.07, 6.45) is 4.82. The summed E-state index contributed by atoms with van der Waals surface area (Å²) in [6, 6.07) is 12.0. The minimum absolute atomic E-state index is 0.0403. The Morgan fingerprint density at radius 1 is 0.898 bits per heavy atom. The molecule has 11 nitrogen and oxygen atoms in total. The lowest BCUT2D eigenvalue weighted by Crippen LogP contribution is -2.53. The van der Waals surface area contributed by atoms with E-state index in [1.807, 2.05) is 34.9 Å². The van der Waals surface area contributed by atoms with Gasteiger partial charge in [-0.1, -0.05) is 48.3 Å². The van der Waals surface area contributed by atoms with Gasteiger partial charge in [0.1, 0.15) is 0 Å². The molecule has 2 aromatic carbocycles. The average Bonchev–Trinajstić information content (AvgIpc) is 3.28. The van der Waals surface area contributed by atoms with Crippen LogP contribution < -0.4 is 5.32 Å². The minimum Gasteiger partial charge on any atom is -0.505 e. The van der Waals surface area contributed by atoms with Gasteiger partial charge in [-0.3, -0.25) is 9.69 Å². The number of aromatic hydroxyl groups is 1. The molecule has 1 atom stereocenters. The summed E-state index contributed by atoms with van der Waals surface area (Å²) in [5, 5.41) is 13.1. The number of phenolic OH excluding ortho intramolecular Hbond substituents is 1. The number of piperazine rings is 1. The molecular formula is C36H50Cl2N6O5. The highest BCUT2D eigenvalue weighted by molar-refractivity contribution is 6.37. The molecule has 4 aliphatic heterocycles. The van der Waals surface area contributed by atoms with Gasteiger partial charge in [0.25, 0.3) is 0 Å². The molecule has 0 saturated carbocycles. The van der Waals surface area contributed by atoms with Crippen LogP contribution >= 0.6 is 23.2 Å². The number of piperidine rings is 2. The molecule has 49 heavy (non-hydrogen) atoms. The number of nitrogens with zero attached hydrogens (tertiary/aromatic N) is 5. The number of hydrogen-bond acceptors (Lipinski definition) is 7. The van der Waals surface area contributed by atoms with Gasteiger partial charge in [-0.15, -0.1) is 0 Å². The highest BCUT2D eigenvalue weighted by atomic mass is 35.5. The Kier molecular flexibility index (Phi) is 12.9. The predicted octanol–water partition coefficient (Wildman–Crippen LogP) is 5.42. The number of halogens is 2. The van der Waals surface area contributed by atoms with E-state index in [1.165, 1.54) is 12.7 Å². The molecule has 4 aliphatic rings. The highest BCUT2D eigenvalue weighted by Crippen LogP contribution is 2.34. The molecule has 0 unspecified atom stereocenters. The van der Waals surface area contributed by atoms with Gasteiger partial charge >= 0.3 is 12.1 Å². The Hall–Kier alpha value is -3.25. The van der Waals surface area contributed by atoms with Crippen LogP contribution in [0, 0.1) is 5.92 Å². The molecule has 0 radical (unpaired) electrons. The summed E-state index contributed by atoms with van der Waals surface area (Å²) in [7, 11) is 3.57. The number of methoxy groups -OCH3 is 1. The summed E-state index contributed by atoms with van der Waals surface area (Å²) in [6.45, 7) is 10.1. The third-order valence-electron chi connectivity index (χ3n) is 10.4. The van der Waals surface area contributed by atoms with Crippen molar-refractivity contribution in [3.63, 3.8) is 0 Å². The standard InChI is InChI=1S/C20H29Cl2N3O2.C16H21N3O3/c1-14(11-15-12-17(21)19(26)18(22)13-15)20(27)25-5-3-16(4-6-25)24-9-7-23(2)8-10-24;1-22-16(21)18-9-7-13(8-10-18)19-11-6-12-4-2-3-5-14(12)17-15(19)20/h12-14,16,26H,3-11H2,1-2H3;2-5,13H,6-11H2,1H3,(H,17,20)/t14-;/m1./s1. The molecule has 2 aromatic rings. The van der Waals surface area contributed by atoms with E-state index in [9.17, 15) is 19.5 Å². The number of ether oxygens (including phenoxy) is 1. The first-order valence-electron chi connectivity index (χ1n) is 17.4. The van der Waals surface area contributed by atoms with Gasteiger partial charge in [-0.25, -0.2) is 9.59 Å². The molecule has 0 bridgehead atoms. The van der Waals surface area contributed by atoms with Gasteiger partial charge in [-0.05, 0) is 74.9 Å². The molecular weight excluding hydrogens is 667 g/mol. The number of phenols is 1. The number of benzene rings is 2. The average molecular weight is 718 g/mol. The van der Waals surface area contributed by atoms with Crippen molar-refractivity contribution in [2.45, 2.75) is 57.5 Å². The van der Waals surface area contributed by atoms with Crippen LogP contribution in [0.3, 0.4) is 0 Å². The number of para-hydroxylation sites is 1. The number of hydrogen-bond donors (Lipinski definition) is 2. The fourth-order valence-corrected chi connectivity index (χ4v) is 7.89. The Morgan fingerprint density at radius 3 is 2.12 bits per heavy atom. The third-order valence-corrected chi connectivity index (χ3v) is 10.9. The molecule has 4 amide bonds. The van der Waals surface area contributed by atoms with E-state index in [-0.39, 0.29) is 45.8 Å². The van der Waals surface area contributed by atoms with Crippen LogP contribution in [0.1, 0.15) is 43.7 Å².